The number of nitrogens with one attached hydrogen (secondary N) is 1. The Labute approximate surface area is 147 Å². The zero-order valence-electron chi connectivity index (χ0n) is 14.8. The van der Waals surface area contributed by atoms with E-state index in [0.717, 1.165) is 11.3 Å². The minimum absolute atomic E-state index is 0.0295. The first kappa shape index (κ1) is 17.2. The molecule has 0 amide bonds. The van der Waals surface area contributed by atoms with Gasteiger partial charge in [-0.05, 0) is 30.4 Å². The number of nitrogens with two attached hydrogens (primary N) is 1. The van der Waals surface area contributed by atoms with E-state index in [1.807, 2.05) is 6.07 Å². The Kier molecular flexibility index (Phi) is 4.37. The molecule has 1 aromatic heterocycles. The highest BCUT2D eigenvalue weighted by Gasteiger charge is 2.43. The quantitative estimate of drug-likeness (QED) is 0.818. The highest BCUT2D eigenvalue weighted by molar-refractivity contribution is 6.04. The molecule has 6 nitrogen and oxygen atoms in total. The third-order valence-corrected chi connectivity index (χ3v) is 4.59. The van der Waals surface area contributed by atoms with Gasteiger partial charge in [0.25, 0.3) is 0 Å². The molecule has 2 aliphatic rings. The van der Waals surface area contributed by atoms with E-state index in [-0.39, 0.29) is 29.2 Å². The third kappa shape index (κ3) is 3.16. The highest BCUT2D eigenvalue weighted by atomic mass is 16.5. The summed E-state index contributed by atoms with van der Waals surface area (Å²) in [5.41, 5.74) is 8.46. The molecule has 0 saturated heterocycles. The molecule has 25 heavy (non-hydrogen) atoms. The number of ketones is 1. The van der Waals surface area contributed by atoms with Gasteiger partial charge in [-0.25, -0.2) is 4.79 Å². The van der Waals surface area contributed by atoms with Gasteiger partial charge in [-0.3, -0.25) is 9.78 Å². The van der Waals surface area contributed by atoms with Crippen molar-refractivity contribution < 1.29 is 14.3 Å². The molecular weight excluding hydrogens is 318 g/mol. The van der Waals surface area contributed by atoms with E-state index in [1.54, 1.807) is 25.4 Å². The standard InChI is InChI=1S/C19H23N3O3/c1-4-25-18(24)16-14(11-6-5-7-21-10-11)15-12(22-17(16)20)8-19(2,3)9-13(15)23/h5-7,10,14,22H,4,8-9,20H2,1-3H3. The molecule has 3 rings (SSSR count). The van der Waals surface area contributed by atoms with Gasteiger partial charge >= 0.3 is 5.97 Å². The van der Waals surface area contributed by atoms with Gasteiger partial charge in [0, 0.05) is 30.1 Å². The average Bonchev–Trinajstić information content (AvgIpc) is 2.53. The summed E-state index contributed by atoms with van der Waals surface area (Å²) >= 11 is 0. The molecule has 1 aliphatic carbocycles. The van der Waals surface area contributed by atoms with Gasteiger partial charge < -0.3 is 15.8 Å². The summed E-state index contributed by atoms with van der Waals surface area (Å²) in [7, 11) is 0. The van der Waals surface area contributed by atoms with Gasteiger partial charge in [0.15, 0.2) is 5.78 Å². The van der Waals surface area contributed by atoms with Crippen LogP contribution in [-0.4, -0.2) is 23.3 Å². The molecule has 132 valence electrons. The lowest BCUT2D eigenvalue weighted by Crippen LogP contribution is -2.41. The second kappa shape index (κ2) is 6.35. The molecule has 1 atom stereocenters. The van der Waals surface area contributed by atoms with Crippen LogP contribution >= 0.6 is 0 Å². The van der Waals surface area contributed by atoms with Crippen LogP contribution in [0.5, 0.6) is 0 Å². The van der Waals surface area contributed by atoms with Crippen molar-refractivity contribution in [1.82, 2.24) is 10.3 Å². The minimum Gasteiger partial charge on any atom is -0.463 e. The molecule has 0 spiro atoms. The van der Waals surface area contributed by atoms with Crippen molar-refractivity contribution in [2.75, 3.05) is 6.61 Å². The summed E-state index contributed by atoms with van der Waals surface area (Å²) < 4.78 is 5.19. The van der Waals surface area contributed by atoms with Gasteiger partial charge in [-0.15, -0.1) is 0 Å². The zero-order valence-corrected chi connectivity index (χ0v) is 14.8. The number of carbonyl (C=O) groups is 2. The largest absolute Gasteiger partial charge is 0.463 e. The number of pyridine rings is 1. The SMILES string of the molecule is CCOC(=O)C1=C(N)NC2=C(C(=O)CC(C)(C)C2)C1c1cccnc1. The second-order valence-electron chi connectivity index (χ2n) is 7.23. The molecule has 3 N–H and O–H groups in total. The predicted octanol–water partition coefficient (Wildman–Crippen LogP) is 2.14. The fraction of sp³-hybridized carbons (Fsp3) is 0.421. The molecule has 1 unspecified atom stereocenters. The number of Topliss-reactive ketones (excluding diaryl/α,β-unsaturated/α-hetero) is 1. The summed E-state index contributed by atoms with van der Waals surface area (Å²) in [6.45, 7) is 6.08. The van der Waals surface area contributed by atoms with E-state index in [9.17, 15) is 9.59 Å². The monoisotopic (exact) mass is 341 g/mol. The number of rotatable bonds is 3. The van der Waals surface area contributed by atoms with Gasteiger partial charge in [0.05, 0.1) is 18.1 Å². The Hall–Kier alpha value is -2.63. The Bertz CT molecular complexity index is 778. The number of carbonyl (C=O) groups excluding carboxylic acids is 2. The minimum atomic E-state index is -0.549. The van der Waals surface area contributed by atoms with Gasteiger partial charge in [-0.2, -0.15) is 0 Å². The lowest BCUT2D eigenvalue weighted by Gasteiger charge is -2.39. The van der Waals surface area contributed by atoms with Crippen molar-refractivity contribution >= 4 is 11.8 Å². The van der Waals surface area contributed by atoms with Gasteiger partial charge in [0.1, 0.15) is 5.82 Å². The van der Waals surface area contributed by atoms with Crippen molar-refractivity contribution in [3.63, 3.8) is 0 Å². The van der Waals surface area contributed by atoms with Crippen LogP contribution in [0.1, 0.15) is 45.1 Å². The number of aromatic nitrogens is 1. The number of ether oxygens (including phenoxy) is 1. The topological polar surface area (TPSA) is 94.3 Å². The number of dihydropyridines is 1. The molecule has 1 aliphatic heterocycles. The van der Waals surface area contributed by atoms with Crippen LogP contribution in [0.2, 0.25) is 0 Å². The molecule has 0 aromatic carbocycles. The van der Waals surface area contributed by atoms with E-state index in [2.05, 4.69) is 24.1 Å². The summed E-state index contributed by atoms with van der Waals surface area (Å²) in [5.74, 6) is -0.781. The lowest BCUT2D eigenvalue weighted by atomic mass is 9.69. The number of hydrogen-bond donors (Lipinski definition) is 2. The molecule has 6 heteroatoms. The normalized spacial score (nSPS) is 22.4. The van der Waals surface area contributed by atoms with Crippen molar-refractivity contribution in [3.8, 4) is 0 Å². The third-order valence-electron chi connectivity index (χ3n) is 4.59. The fourth-order valence-corrected chi connectivity index (χ4v) is 3.63. The summed E-state index contributed by atoms with van der Waals surface area (Å²) in [6, 6.07) is 3.64. The smallest absolute Gasteiger partial charge is 0.338 e. The van der Waals surface area contributed by atoms with Crippen LogP contribution in [0.3, 0.4) is 0 Å². The van der Waals surface area contributed by atoms with Crippen molar-refractivity contribution in [2.45, 2.75) is 39.5 Å². The second-order valence-corrected chi connectivity index (χ2v) is 7.23. The molecule has 1 aromatic rings. The Morgan fingerprint density at radius 2 is 2.20 bits per heavy atom. The molecule has 2 heterocycles. The molecular formula is C19H23N3O3. The fourth-order valence-electron chi connectivity index (χ4n) is 3.63. The van der Waals surface area contributed by atoms with E-state index < -0.39 is 11.9 Å². The van der Waals surface area contributed by atoms with E-state index in [0.29, 0.717) is 18.4 Å². The van der Waals surface area contributed by atoms with Crippen LogP contribution in [-0.2, 0) is 14.3 Å². The summed E-state index contributed by atoms with van der Waals surface area (Å²) in [6.07, 6.45) is 4.45. The number of esters is 1. The van der Waals surface area contributed by atoms with Crippen LogP contribution < -0.4 is 11.1 Å². The summed E-state index contributed by atoms with van der Waals surface area (Å²) in [5, 5.41) is 3.09. The number of hydrogen-bond acceptors (Lipinski definition) is 6. The highest BCUT2D eigenvalue weighted by Crippen LogP contribution is 2.46. The molecule has 0 fully saturated rings. The van der Waals surface area contributed by atoms with Crippen molar-refractivity contribution in [2.24, 2.45) is 11.1 Å². The maximum absolute atomic E-state index is 12.9. The maximum atomic E-state index is 12.9. The Morgan fingerprint density at radius 1 is 1.44 bits per heavy atom. The molecule has 0 saturated carbocycles. The first-order valence-electron chi connectivity index (χ1n) is 8.44. The number of nitrogens with zero attached hydrogens (tertiary/aromatic N) is 1. The van der Waals surface area contributed by atoms with Crippen LogP contribution in [0.15, 0.2) is 47.2 Å². The zero-order chi connectivity index (χ0) is 18.2. The summed E-state index contributed by atoms with van der Waals surface area (Å²) in [4.78, 5) is 29.6. The first-order chi connectivity index (χ1) is 11.8. The van der Waals surface area contributed by atoms with Crippen molar-refractivity contribution in [3.05, 3.63) is 52.8 Å². The Balaban J connectivity index is 2.16. The Morgan fingerprint density at radius 3 is 2.84 bits per heavy atom. The lowest BCUT2D eigenvalue weighted by molar-refractivity contribution is -0.138. The number of allylic oxidation sites excluding steroid dienone is 2. The maximum Gasteiger partial charge on any atom is 0.338 e. The molecule has 0 bridgehead atoms. The van der Waals surface area contributed by atoms with Crippen LogP contribution in [0, 0.1) is 5.41 Å². The van der Waals surface area contributed by atoms with E-state index in [4.69, 9.17) is 10.5 Å². The van der Waals surface area contributed by atoms with Crippen LogP contribution in [0.4, 0.5) is 0 Å². The van der Waals surface area contributed by atoms with Crippen molar-refractivity contribution in [1.29, 1.82) is 0 Å². The van der Waals surface area contributed by atoms with E-state index >= 15 is 0 Å². The predicted molar refractivity (Wildman–Crippen MR) is 93.0 cm³/mol. The average molecular weight is 341 g/mol. The van der Waals surface area contributed by atoms with Crippen LogP contribution in [0.25, 0.3) is 0 Å². The molecule has 0 radical (unpaired) electrons. The van der Waals surface area contributed by atoms with Gasteiger partial charge in [0.2, 0.25) is 0 Å². The van der Waals surface area contributed by atoms with Gasteiger partial charge in [-0.1, -0.05) is 19.9 Å². The van der Waals surface area contributed by atoms with E-state index in [1.165, 1.54) is 0 Å². The first-order valence-corrected chi connectivity index (χ1v) is 8.44.